The van der Waals surface area contributed by atoms with Crippen molar-refractivity contribution in [3.63, 3.8) is 0 Å². The van der Waals surface area contributed by atoms with Gasteiger partial charge in [-0.15, -0.1) is 0 Å². The summed E-state index contributed by atoms with van der Waals surface area (Å²) in [6, 6.07) is 5.74. The number of benzene rings is 1. The Morgan fingerprint density at radius 1 is 1.32 bits per heavy atom. The maximum atomic E-state index is 12.1. The Kier molecular flexibility index (Phi) is 6.40. The normalized spacial score (nSPS) is 12.2. The zero-order chi connectivity index (χ0) is 14.3. The number of anilines is 1. The van der Waals surface area contributed by atoms with Crippen molar-refractivity contribution in [1.82, 2.24) is 5.32 Å². The van der Waals surface area contributed by atoms with Gasteiger partial charge in [-0.25, -0.2) is 0 Å². The SMILES string of the molecule is CCCCCCC(C)NC(=O)c1cc(C)ccc1N. The van der Waals surface area contributed by atoms with Gasteiger partial charge < -0.3 is 11.1 Å². The van der Waals surface area contributed by atoms with Crippen LogP contribution in [0.25, 0.3) is 0 Å². The summed E-state index contributed by atoms with van der Waals surface area (Å²) < 4.78 is 0. The smallest absolute Gasteiger partial charge is 0.253 e. The third kappa shape index (κ3) is 5.33. The number of nitrogens with one attached hydrogen (secondary N) is 1. The van der Waals surface area contributed by atoms with E-state index in [0.29, 0.717) is 11.3 Å². The molecule has 3 N–H and O–H groups in total. The Morgan fingerprint density at radius 3 is 2.74 bits per heavy atom. The second kappa shape index (κ2) is 7.82. The van der Waals surface area contributed by atoms with Gasteiger partial charge in [-0.05, 0) is 32.4 Å². The molecular weight excluding hydrogens is 236 g/mol. The van der Waals surface area contributed by atoms with Crippen LogP contribution < -0.4 is 11.1 Å². The van der Waals surface area contributed by atoms with Gasteiger partial charge in [-0.1, -0.05) is 44.2 Å². The van der Waals surface area contributed by atoms with Crippen molar-refractivity contribution in [3.8, 4) is 0 Å². The molecule has 0 fully saturated rings. The van der Waals surface area contributed by atoms with Crippen LogP contribution in [0.15, 0.2) is 18.2 Å². The maximum Gasteiger partial charge on any atom is 0.253 e. The molecule has 106 valence electrons. The van der Waals surface area contributed by atoms with Crippen molar-refractivity contribution in [3.05, 3.63) is 29.3 Å². The lowest BCUT2D eigenvalue weighted by Gasteiger charge is -2.15. The number of carbonyl (C=O) groups is 1. The molecule has 0 heterocycles. The van der Waals surface area contributed by atoms with Crippen molar-refractivity contribution in [2.45, 2.75) is 58.9 Å². The van der Waals surface area contributed by atoms with E-state index in [0.717, 1.165) is 12.0 Å². The second-order valence-corrected chi connectivity index (χ2v) is 5.31. The first-order valence-corrected chi connectivity index (χ1v) is 7.21. The van der Waals surface area contributed by atoms with E-state index in [-0.39, 0.29) is 11.9 Å². The number of hydrogen-bond donors (Lipinski definition) is 2. The first kappa shape index (κ1) is 15.5. The number of unbranched alkanes of at least 4 members (excludes halogenated alkanes) is 3. The van der Waals surface area contributed by atoms with Crippen molar-refractivity contribution in [2.75, 3.05) is 5.73 Å². The highest BCUT2D eigenvalue weighted by Crippen LogP contribution is 2.14. The summed E-state index contributed by atoms with van der Waals surface area (Å²) in [5, 5.41) is 3.02. The van der Waals surface area contributed by atoms with Gasteiger partial charge in [0.05, 0.1) is 5.56 Å². The van der Waals surface area contributed by atoms with Crippen molar-refractivity contribution in [1.29, 1.82) is 0 Å². The number of amides is 1. The molecule has 0 aliphatic carbocycles. The fraction of sp³-hybridized carbons (Fsp3) is 0.562. The molecule has 1 unspecified atom stereocenters. The molecule has 19 heavy (non-hydrogen) atoms. The highest BCUT2D eigenvalue weighted by atomic mass is 16.1. The molecule has 3 nitrogen and oxygen atoms in total. The predicted octanol–water partition coefficient (Wildman–Crippen LogP) is 3.67. The molecule has 0 aliphatic heterocycles. The van der Waals surface area contributed by atoms with Gasteiger partial charge in [0, 0.05) is 11.7 Å². The molecule has 0 radical (unpaired) electrons. The van der Waals surface area contributed by atoms with Gasteiger partial charge in [0.25, 0.3) is 5.91 Å². The zero-order valence-electron chi connectivity index (χ0n) is 12.3. The summed E-state index contributed by atoms with van der Waals surface area (Å²) in [7, 11) is 0. The minimum atomic E-state index is -0.0656. The molecule has 1 aromatic carbocycles. The molecule has 1 amide bonds. The molecule has 1 atom stereocenters. The van der Waals surface area contributed by atoms with E-state index >= 15 is 0 Å². The van der Waals surface area contributed by atoms with E-state index in [9.17, 15) is 4.79 Å². The molecule has 0 saturated carbocycles. The van der Waals surface area contributed by atoms with Crippen molar-refractivity contribution in [2.24, 2.45) is 0 Å². The highest BCUT2D eigenvalue weighted by Gasteiger charge is 2.12. The second-order valence-electron chi connectivity index (χ2n) is 5.31. The number of rotatable bonds is 7. The van der Waals surface area contributed by atoms with Crippen LogP contribution in [0, 0.1) is 6.92 Å². The van der Waals surface area contributed by atoms with Crippen LogP contribution in [0.3, 0.4) is 0 Å². The first-order valence-electron chi connectivity index (χ1n) is 7.21. The Hall–Kier alpha value is -1.51. The summed E-state index contributed by atoms with van der Waals surface area (Å²) >= 11 is 0. The van der Waals surface area contributed by atoms with Crippen LogP contribution in [-0.4, -0.2) is 11.9 Å². The summed E-state index contributed by atoms with van der Waals surface area (Å²) in [4.78, 5) is 12.1. The van der Waals surface area contributed by atoms with Crippen molar-refractivity contribution >= 4 is 11.6 Å². The molecule has 0 spiro atoms. The molecule has 0 aliphatic rings. The lowest BCUT2D eigenvalue weighted by molar-refractivity contribution is 0.0938. The lowest BCUT2D eigenvalue weighted by atomic mass is 10.1. The van der Waals surface area contributed by atoms with Gasteiger partial charge in [0.2, 0.25) is 0 Å². The summed E-state index contributed by atoms with van der Waals surface area (Å²) in [6.07, 6.45) is 5.94. The topological polar surface area (TPSA) is 55.1 Å². The van der Waals surface area contributed by atoms with Crippen LogP contribution in [0.1, 0.15) is 61.9 Å². The number of hydrogen-bond acceptors (Lipinski definition) is 2. The molecule has 0 bridgehead atoms. The average Bonchev–Trinajstić information content (AvgIpc) is 2.37. The molecule has 0 saturated heterocycles. The van der Waals surface area contributed by atoms with Gasteiger partial charge in [-0.3, -0.25) is 4.79 Å². The van der Waals surface area contributed by atoms with Crippen LogP contribution in [0.5, 0.6) is 0 Å². The Bertz CT molecular complexity index is 415. The van der Waals surface area contributed by atoms with Crippen LogP contribution in [0.4, 0.5) is 5.69 Å². The minimum absolute atomic E-state index is 0.0656. The number of aryl methyl sites for hydroxylation is 1. The van der Waals surface area contributed by atoms with E-state index in [4.69, 9.17) is 5.73 Å². The van der Waals surface area contributed by atoms with E-state index in [2.05, 4.69) is 19.2 Å². The van der Waals surface area contributed by atoms with E-state index in [1.807, 2.05) is 19.1 Å². The van der Waals surface area contributed by atoms with Gasteiger partial charge in [0.1, 0.15) is 0 Å². The van der Waals surface area contributed by atoms with Gasteiger partial charge in [-0.2, -0.15) is 0 Å². The largest absolute Gasteiger partial charge is 0.398 e. The Morgan fingerprint density at radius 2 is 2.05 bits per heavy atom. The molecular formula is C16H26N2O. The van der Waals surface area contributed by atoms with E-state index in [1.54, 1.807) is 6.07 Å². The molecule has 3 heteroatoms. The minimum Gasteiger partial charge on any atom is -0.398 e. The third-order valence-electron chi connectivity index (χ3n) is 3.32. The molecule has 1 aromatic rings. The van der Waals surface area contributed by atoms with E-state index < -0.39 is 0 Å². The summed E-state index contributed by atoms with van der Waals surface area (Å²) in [5.74, 6) is -0.0656. The van der Waals surface area contributed by atoms with Gasteiger partial charge in [0.15, 0.2) is 0 Å². The Balaban J connectivity index is 2.47. The fourth-order valence-electron chi connectivity index (χ4n) is 2.12. The molecule has 0 aromatic heterocycles. The number of nitrogens with two attached hydrogens (primary N) is 1. The number of carbonyl (C=O) groups excluding carboxylic acids is 1. The van der Waals surface area contributed by atoms with Crippen LogP contribution in [0.2, 0.25) is 0 Å². The monoisotopic (exact) mass is 262 g/mol. The number of nitrogen functional groups attached to an aromatic ring is 1. The predicted molar refractivity (Wildman–Crippen MR) is 81.3 cm³/mol. The third-order valence-corrected chi connectivity index (χ3v) is 3.32. The standard InChI is InChI=1S/C16H26N2O/c1-4-5-6-7-8-13(3)18-16(19)14-11-12(2)9-10-15(14)17/h9-11,13H,4-8,17H2,1-3H3,(H,18,19). The maximum absolute atomic E-state index is 12.1. The molecule has 1 rings (SSSR count). The highest BCUT2D eigenvalue weighted by molar-refractivity contribution is 5.99. The average molecular weight is 262 g/mol. The zero-order valence-corrected chi connectivity index (χ0v) is 12.3. The Labute approximate surface area is 116 Å². The lowest BCUT2D eigenvalue weighted by Crippen LogP contribution is -2.33. The van der Waals surface area contributed by atoms with Crippen LogP contribution in [-0.2, 0) is 0 Å². The van der Waals surface area contributed by atoms with E-state index in [1.165, 1.54) is 25.7 Å². The fourth-order valence-corrected chi connectivity index (χ4v) is 2.12. The quantitative estimate of drug-likeness (QED) is 0.582. The van der Waals surface area contributed by atoms with Gasteiger partial charge >= 0.3 is 0 Å². The summed E-state index contributed by atoms with van der Waals surface area (Å²) in [5.41, 5.74) is 8.02. The summed E-state index contributed by atoms with van der Waals surface area (Å²) in [6.45, 7) is 6.21. The van der Waals surface area contributed by atoms with Crippen LogP contribution >= 0.6 is 0 Å². The first-order chi connectivity index (χ1) is 9.04. The van der Waals surface area contributed by atoms with Crippen molar-refractivity contribution < 1.29 is 4.79 Å².